The third kappa shape index (κ3) is 2.70. The molecule has 0 fully saturated rings. The Labute approximate surface area is 94.5 Å². The lowest BCUT2D eigenvalue weighted by Gasteiger charge is -2.06. The molecule has 0 aliphatic rings. The molecule has 0 atom stereocenters. The Kier molecular flexibility index (Phi) is 3.34. The van der Waals surface area contributed by atoms with Gasteiger partial charge in [-0.05, 0) is 29.8 Å². The van der Waals surface area contributed by atoms with Gasteiger partial charge in [0, 0.05) is 5.56 Å². The van der Waals surface area contributed by atoms with Crippen molar-refractivity contribution in [1.82, 2.24) is 0 Å². The van der Waals surface area contributed by atoms with Crippen LogP contribution in [-0.2, 0) is 6.61 Å². The normalized spacial score (nSPS) is 9.75. The molecule has 16 heavy (non-hydrogen) atoms. The molecule has 2 aromatic carbocycles. The second-order valence-corrected chi connectivity index (χ2v) is 3.37. The van der Waals surface area contributed by atoms with Crippen molar-refractivity contribution in [1.29, 1.82) is 0 Å². The smallest absolute Gasteiger partial charge is 0.150 e. The molecule has 79 valence electrons. The lowest BCUT2D eigenvalue weighted by molar-refractivity contribution is 0.112. The maximum Gasteiger partial charge on any atom is 0.150 e. The zero-order valence-corrected chi connectivity index (χ0v) is 8.72. The molecule has 1 radical (unpaired) electrons. The molecule has 0 N–H and O–H groups in total. The first kappa shape index (κ1) is 10.4. The molecule has 0 heterocycles. The summed E-state index contributed by atoms with van der Waals surface area (Å²) in [5, 5.41) is 0. The lowest BCUT2D eigenvalue weighted by Crippen LogP contribution is -1.95. The van der Waals surface area contributed by atoms with E-state index >= 15 is 0 Å². The van der Waals surface area contributed by atoms with Crippen LogP contribution in [0, 0.1) is 6.07 Å². The summed E-state index contributed by atoms with van der Waals surface area (Å²) in [6, 6.07) is 17.8. The quantitative estimate of drug-likeness (QED) is 0.727. The van der Waals surface area contributed by atoms with Crippen LogP contribution in [0.1, 0.15) is 15.9 Å². The van der Waals surface area contributed by atoms with Crippen molar-refractivity contribution in [3.8, 4) is 5.75 Å². The van der Waals surface area contributed by atoms with Gasteiger partial charge in [-0.15, -0.1) is 0 Å². The van der Waals surface area contributed by atoms with Crippen molar-refractivity contribution < 1.29 is 9.53 Å². The third-order valence-electron chi connectivity index (χ3n) is 2.17. The van der Waals surface area contributed by atoms with E-state index in [1.165, 1.54) is 0 Å². The van der Waals surface area contributed by atoms with Crippen LogP contribution < -0.4 is 4.74 Å². The van der Waals surface area contributed by atoms with Crippen molar-refractivity contribution in [3.05, 3.63) is 65.7 Å². The SMILES string of the molecule is O=Cc1[c]ccc(OCc2ccccc2)c1. The Morgan fingerprint density at radius 1 is 1.19 bits per heavy atom. The van der Waals surface area contributed by atoms with Gasteiger partial charge in [-0.3, -0.25) is 4.79 Å². The number of carbonyl (C=O) groups is 1. The number of ether oxygens (including phenoxy) is 1. The van der Waals surface area contributed by atoms with Gasteiger partial charge in [-0.2, -0.15) is 0 Å². The molecule has 0 spiro atoms. The molecular weight excluding hydrogens is 200 g/mol. The zero-order valence-electron chi connectivity index (χ0n) is 8.72. The first-order chi connectivity index (χ1) is 7.88. The molecule has 2 heteroatoms. The predicted octanol–water partition coefficient (Wildman–Crippen LogP) is 2.88. The topological polar surface area (TPSA) is 26.3 Å². The number of aldehydes is 1. The Balaban J connectivity index is 2.02. The van der Waals surface area contributed by atoms with Crippen LogP contribution in [0.5, 0.6) is 5.75 Å². The van der Waals surface area contributed by atoms with Gasteiger partial charge in [0.25, 0.3) is 0 Å². The van der Waals surface area contributed by atoms with E-state index < -0.39 is 0 Å². The Hall–Kier alpha value is -2.09. The van der Waals surface area contributed by atoms with Gasteiger partial charge < -0.3 is 4.74 Å². The number of benzene rings is 2. The van der Waals surface area contributed by atoms with Crippen LogP contribution >= 0.6 is 0 Å². The summed E-state index contributed by atoms with van der Waals surface area (Å²) in [7, 11) is 0. The molecule has 2 nitrogen and oxygen atoms in total. The Morgan fingerprint density at radius 3 is 2.75 bits per heavy atom. The fraction of sp³-hybridized carbons (Fsp3) is 0.0714. The van der Waals surface area contributed by atoms with E-state index in [2.05, 4.69) is 6.07 Å². The minimum Gasteiger partial charge on any atom is -0.489 e. The van der Waals surface area contributed by atoms with E-state index in [9.17, 15) is 4.79 Å². The van der Waals surface area contributed by atoms with E-state index in [1.54, 1.807) is 18.2 Å². The monoisotopic (exact) mass is 211 g/mol. The maximum atomic E-state index is 10.5. The number of carbonyl (C=O) groups excluding carboxylic acids is 1. The molecular formula is C14H11O2. The van der Waals surface area contributed by atoms with Crippen LogP contribution in [0.2, 0.25) is 0 Å². The molecule has 0 unspecified atom stereocenters. The van der Waals surface area contributed by atoms with Crippen LogP contribution in [-0.4, -0.2) is 6.29 Å². The molecule has 0 bridgehead atoms. The van der Waals surface area contributed by atoms with Crippen LogP contribution in [0.4, 0.5) is 0 Å². The molecule has 2 rings (SSSR count). The van der Waals surface area contributed by atoms with Gasteiger partial charge in [0.2, 0.25) is 0 Å². The highest BCUT2D eigenvalue weighted by molar-refractivity contribution is 5.74. The molecule has 0 amide bonds. The van der Waals surface area contributed by atoms with E-state index in [-0.39, 0.29) is 0 Å². The largest absolute Gasteiger partial charge is 0.489 e. The number of rotatable bonds is 4. The van der Waals surface area contributed by atoms with Gasteiger partial charge in [0.15, 0.2) is 6.29 Å². The summed E-state index contributed by atoms with van der Waals surface area (Å²) in [5.41, 5.74) is 1.61. The molecule has 0 aliphatic carbocycles. The van der Waals surface area contributed by atoms with Gasteiger partial charge in [-0.1, -0.05) is 30.3 Å². The van der Waals surface area contributed by atoms with E-state index in [0.29, 0.717) is 17.9 Å². The lowest BCUT2D eigenvalue weighted by atomic mass is 10.2. The van der Waals surface area contributed by atoms with E-state index in [4.69, 9.17) is 4.74 Å². The van der Waals surface area contributed by atoms with Crippen LogP contribution in [0.3, 0.4) is 0 Å². The van der Waals surface area contributed by atoms with E-state index in [1.807, 2.05) is 30.3 Å². The fourth-order valence-electron chi connectivity index (χ4n) is 1.36. The minimum absolute atomic E-state index is 0.503. The van der Waals surface area contributed by atoms with Crippen LogP contribution in [0.25, 0.3) is 0 Å². The Bertz CT molecular complexity index is 463. The zero-order chi connectivity index (χ0) is 11.2. The Morgan fingerprint density at radius 2 is 2.00 bits per heavy atom. The molecule has 2 aromatic rings. The standard InChI is InChI=1S/C14H11O2/c15-10-13-7-4-8-14(9-13)16-11-12-5-2-1-3-6-12/h1-6,8-10H,11H2. The average Bonchev–Trinajstić information content (AvgIpc) is 2.38. The highest BCUT2D eigenvalue weighted by Crippen LogP contribution is 2.13. The van der Waals surface area contributed by atoms with Gasteiger partial charge >= 0.3 is 0 Å². The second-order valence-electron chi connectivity index (χ2n) is 3.37. The summed E-state index contributed by atoms with van der Waals surface area (Å²) in [6.07, 6.45) is 0.759. The molecule has 0 saturated heterocycles. The van der Waals surface area contributed by atoms with Gasteiger partial charge in [0.05, 0.1) is 0 Å². The number of hydrogen-bond acceptors (Lipinski definition) is 2. The minimum atomic E-state index is 0.503. The van der Waals surface area contributed by atoms with Crippen molar-refractivity contribution >= 4 is 6.29 Å². The first-order valence-corrected chi connectivity index (χ1v) is 5.02. The maximum absolute atomic E-state index is 10.5. The summed E-state index contributed by atoms with van der Waals surface area (Å²) >= 11 is 0. The predicted molar refractivity (Wildman–Crippen MR) is 61.4 cm³/mol. The van der Waals surface area contributed by atoms with Crippen molar-refractivity contribution in [2.45, 2.75) is 6.61 Å². The van der Waals surface area contributed by atoms with Gasteiger partial charge in [0.1, 0.15) is 12.4 Å². The molecule has 0 aromatic heterocycles. The van der Waals surface area contributed by atoms with Crippen molar-refractivity contribution in [2.24, 2.45) is 0 Å². The first-order valence-electron chi connectivity index (χ1n) is 5.02. The number of hydrogen-bond donors (Lipinski definition) is 0. The highest BCUT2D eigenvalue weighted by Gasteiger charge is 1.97. The summed E-state index contributed by atoms with van der Waals surface area (Å²) < 4.78 is 5.56. The molecule has 0 aliphatic heterocycles. The van der Waals surface area contributed by atoms with Crippen molar-refractivity contribution in [3.63, 3.8) is 0 Å². The third-order valence-corrected chi connectivity index (χ3v) is 2.17. The van der Waals surface area contributed by atoms with Gasteiger partial charge in [-0.25, -0.2) is 0 Å². The van der Waals surface area contributed by atoms with Crippen LogP contribution in [0.15, 0.2) is 48.5 Å². The summed E-state index contributed by atoms with van der Waals surface area (Å²) in [4.78, 5) is 10.5. The fourth-order valence-corrected chi connectivity index (χ4v) is 1.36. The van der Waals surface area contributed by atoms with E-state index in [0.717, 1.165) is 11.8 Å². The second kappa shape index (κ2) is 5.12. The summed E-state index contributed by atoms with van der Waals surface area (Å²) in [5.74, 6) is 0.685. The summed E-state index contributed by atoms with van der Waals surface area (Å²) in [6.45, 7) is 0.503. The highest BCUT2D eigenvalue weighted by atomic mass is 16.5. The average molecular weight is 211 g/mol. The van der Waals surface area contributed by atoms with Crippen molar-refractivity contribution in [2.75, 3.05) is 0 Å². The molecule has 0 saturated carbocycles.